The molecule has 0 unspecified atom stereocenters. The maximum Gasteiger partial charge on any atom is 0.267 e. The van der Waals surface area contributed by atoms with Crippen LogP contribution in [0.15, 0.2) is 158 Å². The number of hydrogen-bond acceptors (Lipinski definition) is 2. The molecule has 0 saturated carbocycles. The Hall–Kier alpha value is -6.03. The van der Waals surface area contributed by atoms with E-state index in [0.29, 0.717) is 11.5 Å². The third-order valence-electron chi connectivity index (χ3n) is 12.7. The first kappa shape index (κ1) is 44.6. The average molecular weight is 1020 g/mol. The van der Waals surface area contributed by atoms with Crippen molar-refractivity contribution in [2.75, 3.05) is 0 Å². The molecule has 0 spiro atoms. The Labute approximate surface area is 393 Å². The molecule has 64 heavy (non-hydrogen) atoms. The van der Waals surface area contributed by atoms with Crippen molar-refractivity contribution in [3.8, 4) is 28.7 Å². The van der Waals surface area contributed by atoms with E-state index in [4.69, 9.17) is 9.72 Å². The number of para-hydroxylation sites is 1. The van der Waals surface area contributed by atoms with Crippen molar-refractivity contribution in [2.45, 2.75) is 90.9 Å². The fourth-order valence-corrected chi connectivity index (χ4v) is 8.64. The van der Waals surface area contributed by atoms with E-state index in [-0.39, 0.29) is 42.7 Å². The van der Waals surface area contributed by atoms with E-state index in [0.717, 1.165) is 50.3 Å². The summed E-state index contributed by atoms with van der Waals surface area (Å²) in [6.07, 6.45) is 7.90. The van der Waals surface area contributed by atoms with E-state index in [9.17, 15) is 0 Å². The van der Waals surface area contributed by atoms with Crippen LogP contribution in [-0.2, 0) is 42.7 Å². The maximum absolute atomic E-state index is 6.92. The molecular weight excluding hydrogens is 964 g/mol. The Kier molecular flexibility index (Phi) is 11.7. The molecule has 0 N–H and O–H groups in total. The maximum atomic E-state index is 6.92. The summed E-state index contributed by atoms with van der Waals surface area (Å²) in [5.74, 6) is 2.03. The van der Waals surface area contributed by atoms with Gasteiger partial charge in [0.2, 0.25) is 0 Å². The van der Waals surface area contributed by atoms with Crippen molar-refractivity contribution < 1.29 is 30.4 Å². The van der Waals surface area contributed by atoms with Crippen LogP contribution >= 0.6 is 0 Å². The summed E-state index contributed by atoms with van der Waals surface area (Å²) in [7, 11) is 0. The number of benzene rings is 6. The van der Waals surface area contributed by atoms with Crippen LogP contribution < -0.4 is 9.30 Å². The van der Waals surface area contributed by atoms with Crippen molar-refractivity contribution in [2.24, 2.45) is 0 Å². The Bertz CT molecular complexity index is 3110. The van der Waals surface area contributed by atoms with Crippen LogP contribution in [0.5, 0.6) is 11.5 Å². The topological polar surface area (TPSA) is 35.9 Å². The number of nitrogens with zero attached hydrogens (tertiary/aromatic N) is 4. The molecule has 0 aliphatic rings. The van der Waals surface area contributed by atoms with Gasteiger partial charge in [-0.05, 0) is 79.9 Å². The molecule has 0 fully saturated rings. The van der Waals surface area contributed by atoms with Gasteiger partial charge in [0, 0.05) is 55.9 Å². The predicted molar refractivity (Wildman–Crippen MR) is 257 cm³/mol. The van der Waals surface area contributed by atoms with Gasteiger partial charge in [0.25, 0.3) is 6.33 Å². The Balaban J connectivity index is 0.00000560. The standard InChI is InChI=1S/C58H56N4O.Pt/c1-55(2,3)42-24-19-25-45(32-42)61-39-60(38-53(61)58(9,10)41-22-15-12-16-23-41)46-33-44(57(7,8)40-20-13-11-14-21-40)34-48(36-46)63-47-28-29-50-49-26-17-18-27-51(49)62(52(50)37-47)54-35-43(30-31-59-54)56(4,5)6;/h11-35,38H,1-10H3;/q-2;. The van der Waals surface area contributed by atoms with E-state index in [1.54, 1.807) is 0 Å². The molecule has 0 aliphatic heterocycles. The van der Waals surface area contributed by atoms with Crippen LogP contribution in [0.25, 0.3) is 39.0 Å². The number of aromatic nitrogens is 4. The van der Waals surface area contributed by atoms with E-state index >= 15 is 0 Å². The van der Waals surface area contributed by atoms with E-state index in [2.05, 4.69) is 247 Å². The van der Waals surface area contributed by atoms with E-state index in [1.807, 2.05) is 12.3 Å². The fourth-order valence-electron chi connectivity index (χ4n) is 8.64. The number of rotatable bonds is 9. The second kappa shape index (κ2) is 16.8. The summed E-state index contributed by atoms with van der Waals surface area (Å²) < 4.78 is 13.4. The smallest absolute Gasteiger partial charge is 0.267 e. The summed E-state index contributed by atoms with van der Waals surface area (Å²) in [4.78, 5) is 4.89. The average Bonchev–Trinajstić information content (AvgIpc) is 3.87. The minimum atomic E-state index is -0.372. The van der Waals surface area contributed by atoms with Gasteiger partial charge in [0.1, 0.15) is 5.82 Å². The summed E-state index contributed by atoms with van der Waals surface area (Å²) >= 11 is 0. The molecule has 326 valence electrons. The van der Waals surface area contributed by atoms with Gasteiger partial charge < -0.3 is 13.9 Å². The van der Waals surface area contributed by atoms with Crippen molar-refractivity contribution in [3.05, 3.63) is 210 Å². The molecular formula is C58H56N4OPt-2. The SMILES string of the molecule is CC(C)(C)c1cccc(-[n+]2[c-]n(-c3[c-]c(Oc4[c-]c5c(cc4)c4ccccc4n5-c4cc(C(C)(C)C)ccn4)cc(C(C)(C)c4ccccc4)c3)cc2C(C)(C)c2ccccc2)c1.[Pt]. The number of pyridine rings is 1. The first-order chi connectivity index (χ1) is 30.0. The van der Waals surface area contributed by atoms with E-state index in [1.165, 1.54) is 22.3 Å². The molecule has 0 amide bonds. The summed E-state index contributed by atoms with van der Waals surface area (Å²) in [6.45, 7) is 22.6. The molecule has 6 aromatic carbocycles. The van der Waals surface area contributed by atoms with Gasteiger partial charge in [-0.1, -0.05) is 166 Å². The number of hydrogen-bond donors (Lipinski definition) is 0. The minimum Gasteiger partial charge on any atom is -0.510 e. The van der Waals surface area contributed by atoms with Crippen molar-refractivity contribution in [3.63, 3.8) is 0 Å². The quantitative estimate of drug-likeness (QED) is 0.107. The van der Waals surface area contributed by atoms with Gasteiger partial charge in [-0.25, -0.2) is 4.98 Å². The summed E-state index contributed by atoms with van der Waals surface area (Å²) in [6, 6.07) is 58.9. The summed E-state index contributed by atoms with van der Waals surface area (Å²) in [5, 5.41) is 2.22. The van der Waals surface area contributed by atoms with Crippen molar-refractivity contribution >= 4 is 21.8 Å². The second-order valence-electron chi connectivity index (χ2n) is 19.9. The van der Waals surface area contributed by atoms with E-state index < -0.39 is 0 Å². The Morgan fingerprint density at radius 1 is 0.531 bits per heavy atom. The van der Waals surface area contributed by atoms with Gasteiger partial charge in [-0.3, -0.25) is 4.57 Å². The number of imidazole rings is 1. The van der Waals surface area contributed by atoms with Crippen LogP contribution in [0.1, 0.15) is 103 Å². The molecule has 0 saturated heterocycles. The molecule has 9 rings (SSSR count). The second-order valence-corrected chi connectivity index (χ2v) is 19.9. The molecule has 3 aromatic heterocycles. The molecule has 6 heteroatoms. The van der Waals surface area contributed by atoms with Crippen LogP contribution in [-0.4, -0.2) is 14.1 Å². The van der Waals surface area contributed by atoms with Crippen LogP contribution in [0.3, 0.4) is 0 Å². The molecule has 0 bridgehead atoms. The zero-order chi connectivity index (χ0) is 44.3. The van der Waals surface area contributed by atoms with Gasteiger partial charge in [0.15, 0.2) is 0 Å². The van der Waals surface area contributed by atoms with Gasteiger partial charge >= 0.3 is 0 Å². The zero-order valence-corrected chi connectivity index (χ0v) is 40.8. The third-order valence-corrected chi connectivity index (χ3v) is 12.7. The first-order valence-electron chi connectivity index (χ1n) is 22.0. The van der Waals surface area contributed by atoms with Crippen LogP contribution in [0.4, 0.5) is 0 Å². The molecule has 9 aromatic rings. The van der Waals surface area contributed by atoms with Crippen LogP contribution in [0.2, 0.25) is 0 Å². The largest absolute Gasteiger partial charge is 0.510 e. The minimum absolute atomic E-state index is 0. The Morgan fingerprint density at radius 2 is 1.16 bits per heavy atom. The monoisotopic (exact) mass is 1020 g/mol. The van der Waals surface area contributed by atoms with Crippen molar-refractivity contribution in [1.29, 1.82) is 0 Å². The van der Waals surface area contributed by atoms with Crippen molar-refractivity contribution in [1.82, 2.24) is 14.1 Å². The zero-order valence-electron chi connectivity index (χ0n) is 38.5. The molecule has 5 nitrogen and oxygen atoms in total. The normalized spacial score (nSPS) is 12.4. The number of fused-ring (bicyclic) bond motifs is 3. The fraction of sp³-hybridized carbons (Fsp3) is 0.241. The van der Waals surface area contributed by atoms with Gasteiger partial charge in [-0.2, -0.15) is 12.1 Å². The van der Waals surface area contributed by atoms with Gasteiger partial charge in [0.05, 0.1) is 11.4 Å². The first-order valence-corrected chi connectivity index (χ1v) is 22.0. The van der Waals surface area contributed by atoms with Crippen LogP contribution in [0, 0.1) is 18.5 Å². The summed E-state index contributed by atoms with van der Waals surface area (Å²) in [5.41, 5.74) is 10.1. The third kappa shape index (κ3) is 8.39. The predicted octanol–water partition coefficient (Wildman–Crippen LogP) is 13.7. The molecule has 0 atom stereocenters. The van der Waals surface area contributed by atoms with Gasteiger partial charge in [-0.15, -0.1) is 35.2 Å². The number of ether oxygens (including phenoxy) is 1. The molecule has 0 aliphatic carbocycles. The molecule has 3 heterocycles. The Morgan fingerprint density at radius 3 is 1.84 bits per heavy atom. The molecule has 0 radical (unpaired) electrons.